The number of hydrogen-bond donors (Lipinski definition) is 4. The second kappa shape index (κ2) is 9.36. The van der Waals surface area contributed by atoms with Gasteiger partial charge in [0.2, 0.25) is 5.95 Å². The summed E-state index contributed by atoms with van der Waals surface area (Å²) in [6.07, 6.45) is 3.81. The highest BCUT2D eigenvalue weighted by Crippen LogP contribution is 2.35. The lowest BCUT2D eigenvalue weighted by atomic mass is 10.1. The van der Waals surface area contributed by atoms with E-state index in [1.807, 2.05) is 12.1 Å². The number of rotatable bonds is 5. The Bertz CT molecular complexity index is 1040. The van der Waals surface area contributed by atoms with Crippen LogP contribution < -0.4 is 11.5 Å². The number of aromatic nitrogens is 2. The van der Waals surface area contributed by atoms with Crippen molar-refractivity contribution in [3.05, 3.63) is 34.9 Å². The molecular formula is C20H25ClN6O4. The summed E-state index contributed by atoms with van der Waals surface area (Å²) in [5.74, 6) is -1.08. The van der Waals surface area contributed by atoms with Gasteiger partial charge in [-0.15, -0.1) is 0 Å². The summed E-state index contributed by atoms with van der Waals surface area (Å²) >= 11 is 6.30. The van der Waals surface area contributed by atoms with Crippen molar-refractivity contribution in [3.63, 3.8) is 0 Å². The van der Waals surface area contributed by atoms with E-state index in [0.29, 0.717) is 29.2 Å². The number of carboxylic acid groups (broad SMARTS) is 2. The van der Waals surface area contributed by atoms with Crippen LogP contribution in [0.3, 0.4) is 0 Å². The van der Waals surface area contributed by atoms with E-state index in [4.69, 9.17) is 33.3 Å². The van der Waals surface area contributed by atoms with Gasteiger partial charge in [-0.05, 0) is 43.4 Å². The normalized spacial score (nSPS) is 18.3. The molecule has 1 fully saturated rings. The Morgan fingerprint density at radius 2 is 1.90 bits per heavy atom. The first-order valence-corrected chi connectivity index (χ1v) is 10.2. The maximum Gasteiger partial charge on any atom is 0.328 e. The molecule has 1 aromatic carbocycles. The molecule has 4 rings (SSSR count). The molecule has 10 nitrogen and oxygen atoms in total. The molecule has 0 radical (unpaired) electrons. The summed E-state index contributed by atoms with van der Waals surface area (Å²) < 4.78 is 2.12. The van der Waals surface area contributed by atoms with E-state index in [1.165, 1.54) is 18.4 Å². The monoisotopic (exact) mass is 448 g/mol. The number of aliphatic imine (C=N–C) groups is 1. The number of hydrogen-bond acceptors (Lipinski definition) is 5. The molecule has 166 valence electrons. The zero-order valence-corrected chi connectivity index (χ0v) is 17.8. The van der Waals surface area contributed by atoms with Crippen LogP contribution in [-0.4, -0.2) is 55.1 Å². The van der Waals surface area contributed by atoms with E-state index >= 15 is 0 Å². The van der Waals surface area contributed by atoms with Crippen LogP contribution in [0, 0.1) is 5.92 Å². The maximum atomic E-state index is 9.55. The molecule has 0 amide bonds. The Kier molecular flexibility index (Phi) is 6.81. The fourth-order valence-electron chi connectivity index (χ4n) is 3.57. The number of carboxylic acids is 2. The van der Waals surface area contributed by atoms with Gasteiger partial charge in [0, 0.05) is 42.9 Å². The van der Waals surface area contributed by atoms with E-state index in [1.54, 1.807) is 0 Å². The Balaban J connectivity index is 0.000000293. The number of aliphatic carboxylic acids is 2. The zero-order chi connectivity index (χ0) is 22.7. The van der Waals surface area contributed by atoms with Crippen LogP contribution in [0.5, 0.6) is 0 Å². The smallest absolute Gasteiger partial charge is 0.328 e. The van der Waals surface area contributed by atoms with Gasteiger partial charge in [0.25, 0.3) is 0 Å². The Hall–Kier alpha value is -3.11. The molecule has 0 bridgehead atoms. The summed E-state index contributed by atoms with van der Waals surface area (Å²) in [4.78, 5) is 30.4. The van der Waals surface area contributed by atoms with Gasteiger partial charge >= 0.3 is 11.9 Å². The molecule has 1 atom stereocenters. The molecule has 11 heteroatoms. The predicted molar refractivity (Wildman–Crippen MR) is 117 cm³/mol. The number of nitrogens with zero attached hydrogens (tertiary/aromatic N) is 4. The van der Waals surface area contributed by atoms with Crippen molar-refractivity contribution in [2.24, 2.45) is 22.4 Å². The van der Waals surface area contributed by atoms with Crippen LogP contribution in [0.15, 0.2) is 29.3 Å². The molecule has 0 saturated heterocycles. The molecule has 2 aliphatic rings. The second-order valence-electron chi connectivity index (χ2n) is 7.72. The highest BCUT2D eigenvalue weighted by Gasteiger charge is 2.30. The number of guanidine groups is 1. The molecule has 1 aromatic heterocycles. The quantitative estimate of drug-likeness (QED) is 0.306. The van der Waals surface area contributed by atoms with Gasteiger partial charge in [0.05, 0.1) is 11.0 Å². The van der Waals surface area contributed by atoms with Gasteiger partial charge in [-0.25, -0.2) is 14.6 Å². The average Bonchev–Trinajstić information content (AvgIpc) is 3.43. The van der Waals surface area contributed by atoms with Gasteiger partial charge in [-0.1, -0.05) is 11.6 Å². The number of halogens is 1. The van der Waals surface area contributed by atoms with Crippen molar-refractivity contribution in [3.8, 4) is 0 Å². The van der Waals surface area contributed by atoms with Crippen LogP contribution in [-0.2, 0) is 22.7 Å². The minimum atomic E-state index is -1.26. The van der Waals surface area contributed by atoms with Crippen molar-refractivity contribution >= 4 is 46.5 Å². The Morgan fingerprint density at radius 1 is 1.26 bits per heavy atom. The summed E-state index contributed by atoms with van der Waals surface area (Å²) in [6, 6.07) is 4.32. The van der Waals surface area contributed by atoms with E-state index in [2.05, 4.69) is 26.4 Å². The molecule has 2 heterocycles. The Labute approximate surface area is 183 Å². The first kappa shape index (κ1) is 22.6. The first-order valence-electron chi connectivity index (χ1n) is 9.80. The van der Waals surface area contributed by atoms with Crippen molar-refractivity contribution in [1.82, 2.24) is 14.5 Å². The molecule has 1 saturated carbocycles. The molecular weight excluding hydrogens is 424 g/mol. The summed E-state index contributed by atoms with van der Waals surface area (Å²) in [6.45, 7) is 5.11. The zero-order valence-electron chi connectivity index (χ0n) is 17.0. The summed E-state index contributed by atoms with van der Waals surface area (Å²) in [5, 5.41) is 16.3. The van der Waals surface area contributed by atoms with Crippen molar-refractivity contribution in [1.29, 1.82) is 0 Å². The lowest BCUT2D eigenvalue weighted by molar-refractivity contribution is -0.134. The molecule has 6 N–H and O–H groups in total. The molecule has 1 unspecified atom stereocenters. The van der Waals surface area contributed by atoms with Crippen LogP contribution in [0.25, 0.3) is 11.0 Å². The minimum Gasteiger partial charge on any atom is -0.478 e. The average molecular weight is 449 g/mol. The van der Waals surface area contributed by atoms with E-state index in [-0.39, 0.29) is 5.96 Å². The van der Waals surface area contributed by atoms with Gasteiger partial charge in [-0.3, -0.25) is 4.90 Å². The third-order valence-corrected chi connectivity index (χ3v) is 5.31. The standard InChI is InChI=1S/C16H21ClN6.C4H4O4/c1-9-6-23-14-11(8-22(9)7-10-2-3-10)4-12(17)5-13(14)20-16(23)21-15(18)19;5-3(6)1-2-4(7)8/h4-5,9-10H,2-3,6-8H2,1H3,(H4,18,19,20,21);1-2H,(H,5,6)(H,7,8)/b;2-1+. The van der Waals surface area contributed by atoms with Crippen LogP contribution >= 0.6 is 11.6 Å². The minimum absolute atomic E-state index is 0.0240. The number of imidazole rings is 1. The maximum absolute atomic E-state index is 9.55. The largest absolute Gasteiger partial charge is 0.478 e. The highest BCUT2D eigenvalue weighted by molar-refractivity contribution is 6.31. The van der Waals surface area contributed by atoms with Crippen LogP contribution in [0.4, 0.5) is 5.95 Å². The molecule has 0 spiro atoms. The SMILES string of the molecule is CC1Cn2c(N=C(N)N)nc3cc(Cl)cc(c32)CN1CC1CC1.O=C(O)/C=C/C(=O)O. The van der Waals surface area contributed by atoms with E-state index in [0.717, 1.165) is 36.6 Å². The fourth-order valence-corrected chi connectivity index (χ4v) is 3.81. The molecule has 1 aliphatic carbocycles. The molecule has 31 heavy (non-hydrogen) atoms. The summed E-state index contributed by atoms with van der Waals surface area (Å²) in [7, 11) is 0. The van der Waals surface area contributed by atoms with Crippen LogP contribution in [0.2, 0.25) is 5.02 Å². The highest BCUT2D eigenvalue weighted by atomic mass is 35.5. The van der Waals surface area contributed by atoms with Crippen molar-refractivity contribution in [2.45, 2.75) is 38.9 Å². The van der Waals surface area contributed by atoms with Crippen molar-refractivity contribution in [2.75, 3.05) is 6.54 Å². The van der Waals surface area contributed by atoms with Gasteiger partial charge in [0.15, 0.2) is 5.96 Å². The van der Waals surface area contributed by atoms with Crippen LogP contribution in [0.1, 0.15) is 25.3 Å². The second-order valence-corrected chi connectivity index (χ2v) is 8.16. The van der Waals surface area contributed by atoms with E-state index in [9.17, 15) is 9.59 Å². The third kappa shape index (κ3) is 5.96. The first-order chi connectivity index (χ1) is 14.6. The predicted octanol–water partition coefficient (Wildman–Crippen LogP) is 1.92. The molecule has 1 aliphatic heterocycles. The third-order valence-electron chi connectivity index (χ3n) is 5.10. The lowest BCUT2D eigenvalue weighted by Gasteiger charge is -2.27. The topological polar surface area (TPSA) is 160 Å². The van der Waals surface area contributed by atoms with E-state index < -0.39 is 11.9 Å². The number of benzene rings is 1. The molecule has 2 aromatic rings. The van der Waals surface area contributed by atoms with Gasteiger partial charge in [-0.2, -0.15) is 4.99 Å². The van der Waals surface area contributed by atoms with Gasteiger partial charge in [0.1, 0.15) is 0 Å². The fraction of sp³-hybridized carbons (Fsp3) is 0.400. The van der Waals surface area contributed by atoms with Crippen molar-refractivity contribution < 1.29 is 19.8 Å². The summed E-state index contributed by atoms with van der Waals surface area (Å²) in [5.41, 5.74) is 14.3. The number of nitrogens with two attached hydrogens (primary N) is 2. The van der Waals surface area contributed by atoms with Gasteiger partial charge < -0.3 is 26.2 Å². The Morgan fingerprint density at radius 3 is 2.45 bits per heavy atom. The number of carbonyl (C=O) groups is 2. The lowest BCUT2D eigenvalue weighted by Crippen LogP contribution is -2.35.